The van der Waals surface area contributed by atoms with Crippen molar-refractivity contribution in [1.82, 2.24) is 9.88 Å². The summed E-state index contributed by atoms with van der Waals surface area (Å²) in [4.78, 5) is 16.5. The molecule has 1 amide bonds. The van der Waals surface area contributed by atoms with E-state index in [4.69, 9.17) is 0 Å². The van der Waals surface area contributed by atoms with Crippen LogP contribution in [0.1, 0.15) is 26.4 Å². The van der Waals surface area contributed by atoms with Gasteiger partial charge in [-0.15, -0.1) is 11.3 Å². The largest absolute Gasteiger partial charge is 0.378 e. The van der Waals surface area contributed by atoms with Gasteiger partial charge in [-0.1, -0.05) is 12.1 Å². The van der Waals surface area contributed by atoms with Crippen molar-refractivity contribution < 1.29 is 4.79 Å². The predicted molar refractivity (Wildman–Crippen MR) is 115 cm³/mol. The molecule has 1 N–H and O–H groups in total. The highest BCUT2D eigenvalue weighted by atomic mass is 32.2. The summed E-state index contributed by atoms with van der Waals surface area (Å²) in [5.74, 6) is 2.12. The van der Waals surface area contributed by atoms with E-state index in [1.165, 1.54) is 10.4 Å². The van der Waals surface area contributed by atoms with Crippen molar-refractivity contribution in [1.29, 1.82) is 0 Å². The summed E-state index contributed by atoms with van der Waals surface area (Å²) in [7, 11) is 4.05. The molecule has 6 heteroatoms. The van der Waals surface area contributed by atoms with Crippen molar-refractivity contribution >= 4 is 34.7 Å². The molecule has 1 aromatic carbocycles. The molecule has 3 heterocycles. The molecule has 3 aromatic rings. The van der Waals surface area contributed by atoms with E-state index in [9.17, 15) is 4.79 Å². The molecule has 0 saturated carbocycles. The Kier molecular flexibility index (Phi) is 5.27. The number of rotatable bonds is 5. The Hall–Kier alpha value is -2.18. The number of nitrogens with one attached hydrogen (secondary N) is 1. The van der Waals surface area contributed by atoms with Gasteiger partial charge >= 0.3 is 0 Å². The van der Waals surface area contributed by atoms with Gasteiger partial charge in [0.15, 0.2) is 0 Å². The SMILES string of the molecule is CN(C)c1ccc(CNC(=O)c2c(-n3cccc3)sc3c2CCSC3)cc1. The van der Waals surface area contributed by atoms with Crippen LogP contribution in [0, 0.1) is 0 Å². The lowest BCUT2D eigenvalue weighted by Gasteiger charge is -2.14. The lowest BCUT2D eigenvalue weighted by molar-refractivity contribution is 0.0950. The van der Waals surface area contributed by atoms with Gasteiger partial charge in [-0.3, -0.25) is 4.79 Å². The number of aromatic nitrogens is 1. The fraction of sp³-hybridized carbons (Fsp3) is 0.286. The maximum atomic E-state index is 13.1. The molecule has 0 fully saturated rings. The van der Waals surface area contributed by atoms with E-state index in [1.807, 2.05) is 50.4 Å². The Morgan fingerprint density at radius 3 is 2.63 bits per heavy atom. The Labute approximate surface area is 168 Å². The van der Waals surface area contributed by atoms with E-state index in [0.29, 0.717) is 6.54 Å². The molecule has 4 nitrogen and oxygen atoms in total. The molecule has 0 spiro atoms. The number of hydrogen-bond acceptors (Lipinski definition) is 4. The number of amides is 1. The van der Waals surface area contributed by atoms with Crippen LogP contribution < -0.4 is 10.2 Å². The standard InChI is InChI=1S/C21H23N3OS2/c1-23(2)16-7-5-15(6-8-16)13-22-20(25)19-17-9-12-26-14-18(17)27-21(19)24-10-3-4-11-24/h3-8,10-11H,9,12-14H2,1-2H3,(H,22,25). The fourth-order valence-corrected chi connectivity index (χ4v) is 5.73. The third-order valence-corrected chi connectivity index (χ3v) is 7.19. The van der Waals surface area contributed by atoms with Gasteiger partial charge in [0.05, 0.1) is 5.56 Å². The van der Waals surface area contributed by atoms with Gasteiger partial charge in [-0.2, -0.15) is 11.8 Å². The van der Waals surface area contributed by atoms with Crippen LogP contribution in [-0.2, 0) is 18.7 Å². The smallest absolute Gasteiger partial charge is 0.254 e. The van der Waals surface area contributed by atoms with Crippen LogP contribution in [0.5, 0.6) is 0 Å². The lowest BCUT2D eigenvalue weighted by Crippen LogP contribution is -2.25. The molecular formula is C21H23N3OS2. The number of nitrogens with zero attached hydrogens (tertiary/aromatic N) is 2. The summed E-state index contributed by atoms with van der Waals surface area (Å²) < 4.78 is 2.06. The number of benzene rings is 1. The second-order valence-electron chi connectivity index (χ2n) is 6.82. The van der Waals surface area contributed by atoms with Crippen molar-refractivity contribution in [3.8, 4) is 5.00 Å². The number of carbonyl (C=O) groups excluding carboxylic acids is 1. The molecule has 0 unspecified atom stereocenters. The number of thiophene rings is 1. The van der Waals surface area contributed by atoms with Gasteiger partial charge in [-0.05, 0) is 47.6 Å². The van der Waals surface area contributed by atoms with Crippen molar-refractivity contribution in [2.24, 2.45) is 0 Å². The van der Waals surface area contributed by atoms with Crippen molar-refractivity contribution in [2.45, 2.75) is 18.7 Å². The first kappa shape index (κ1) is 18.2. The van der Waals surface area contributed by atoms with Gasteiger partial charge < -0.3 is 14.8 Å². The summed E-state index contributed by atoms with van der Waals surface area (Å²) in [5, 5.41) is 4.17. The Morgan fingerprint density at radius 1 is 1.19 bits per heavy atom. The molecule has 140 valence electrons. The first-order valence-corrected chi connectivity index (χ1v) is 11.0. The number of anilines is 1. The topological polar surface area (TPSA) is 37.3 Å². The summed E-state index contributed by atoms with van der Waals surface area (Å²) in [5.41, 5.74) is 4.36. The van der Waals surface area contributed by atoms with Crippen LogP contribution in [0.25, 0.3) is 5.00 Å². The summed E-state index contributed by atoms with van der Waals surface area (Å²) in [6.07, 6.45) is 5.00. The third-order valence-electron chi connectivity index (χ3n) is 4.77. The van der Waals surface area contributed by atoms with E-state index in [0.717, 1.165) is 39.7 Å². The van der Waals surface area contributed by atoms with Gasteiger partial charge in [0.25, 0.3) is 5.91 Å². The second kappa shape index (κ2) is 7.82. The average molecular weight is 398 g/mol. The number of thioether (sulfide) groups is 1. The Morgan fingerprint density at radius 2 is 1.93 bits per heavy atom. The van der Waals surface area contributed by atoms with E-state index < -0.39 is 0 Å². The molecular weight excluding hydrogens is 374 g/mol. The minimum Gasteiger partial charge on any atom is -0.378 e. The van der Waals surface area contributed by atoms with Gasteiger partial charge in [0.2, 0.25) is 0 Å². The quantitative estimate of drug-likeness (QED) is 0.696. The first-order valence-electron chi connectivity index (χ1n) is 9.03. The molecule has 2 aromatic heterocycles. The average Bonchev–Trinajstić information content (AvgIpc) is 3.33. The van der Waals surface area contributed by atoms with Gasteiger partial charge in [0, 0.05) is 49.4 Å². The highest BCUT2D eigenvalue weighted by Gasteiger charge is 2.26. The van der Waals surface area contributed by atoms with Crippen LogP contribution in [0.3, 0.4) is 0 Å². The van der Waals surface area contributed by atoms with Crippen LogP contribution >= 0.6 is 23.1 Å². The van der Waals surface area contributed by atoms with E-state index in [2.05, 4.69) is 39.0 Å². The summed E-state index contributed by atoms with van der Waals surface area (Å²) in [6.45, 7) is 0.539. The zero-order valence-electron chi connectivity index (χ0n) is 15.6. The van der Waals surface area contributed by atoms with Gasteiger partial charge in [-0.25, -0.2) is 0 Å². The first-order chi connectivity index (χ1) is 13.1. The Balaban J connectivity index is 1.57. The predicted octanol–water partition coefficient (Wildman–Crippen LogP) is 4.32. The lowest BCUT2D eigenvalue weighted by atomic mass is 10.1. The summed E-state index contributed by atoms with van der Waals surface area (Å²) >= 11 is 3.70. The molecule has 0 aliphatic carbocycles. The highest BCUT2D eigenvalue weighted by molar-refractivity contribution is 7.98. The van der Waals surface area contributed by atoms with Crippen LogP contribution in [0.4, 0.5) is 5.69 Å². The molecule has 0 bridgehead atoms. The normalized spacial score (nSPS) is 13.3. The second-order valence-corrected chi connectivity index (χ2v) is 9.01. The molecule has 1 aliphatic rings. The molecule has 0 saturated heterocycles. The third kappa shape index (κ3) is 3.77. The van der Waals surface area contributed by atoms with Crippen molar-refractivity contribution in [2.75, 3.05) is 24.7 Å². The summed E-state index contributed by atoms with van der Waals surface area (Å²) in [6, 6.07) is 12.3. The minimum atomic E-state index is 0.0276. The monoisotopic (exact) mass is 397 g/mol. The maximum absolute atomic E-state index is 13.1. The number of carbonyl (C=O) groups is 1. The number of hydrogen-bond donors (Lipinski definition) is 1. The van der Waals surface area contributed by atoms with Crippen LogP contribution in [-0.4, -0.2) is 30.3 Å². The van der Waals surface area contributed by atoms with Crippen LogP contribution in [0.2, 0.25) is 0 Å². The molecule has 4 rings (SSSR count). The molecule has 27 heavy (non-hydrogen) atoms. The van der Waals surface area contributed by atoms with Crippen molar-refractivity contribution in [3.05, 3.63) is 70.4 Å². The fourth-order valence-electron chi connectivity index (χ4n) is 3.29. The zero-order valence-corrected chi connectivity index (χ0v) is 17.2. The Bertz CT molecular complexity index is 927. The molecule has 0 radical (unpaired) electrons. The minimum absolute atomic E-state index is 0.0276. The number of fused-ring (bicyclic) bond motifs is 1. The van der Waals surface area contributed by atoms with E-state index in [-0.39, 0.29) is 5.91 Å². The maximum Gasteiger partial charge on any atom is 0.254 e. The van der Waals surface area contributed by atoms with Crippen molar-refractivity contribution in [3.63, 3.8) is 0 Å². The zero-order chi connectivity index (χ0) is 18.8. The van der Waals surface area contributed by atoms with E-state index in [1.54, 1.807) is 11.3 Å². The molecule has 1 aliphatic heterocycles. The van der Waals surface area contributed by atoms with E-state index >= 15 is 0 Å². The van der Waals surface area contributed by atoms with Crippen LogP contribution in [0.15, 0.2) is 48.8 Å². The molecule has 0 atom stereocenters. The highest BCUT2D eigenvalue weighted by Crippen LogP contribution is 2.38. The van der Waals surface area contributed by atoms with Gasteiger partial charge in [0.1, 0.15) is 5.00 Å².